The van der Waals surface area contributed by atoms with E-state index >= 15 is 0 Å². The van der Waals surface area contributed by atoms with Crippen molar-refractivity contribution in [3.05, 3.63) is 70.5 Å². The van der Waals surface area contributed by atoms with Crippen molar-refractivity contribution in [2.24, 2.45) is 11.3 Å². The average Bonchev–Trinajstić information content (AvgIpc) is 2.76. The number of ketones is 1. The van der Waals surface area contributed by atoms with E-state index in [4.69, 9.17) is 0 Å². The summed E-state index contributed by atoms with van der Waals surface area (Å²) >= 11 is 0. The van der Waals surface area contributed by atoms with E-state index in [1.165, 1.54) is 49.8 Å². The van der Waals surface area contributed by atoms with Crippen LogP contribution in [0.3, 0.4) is 0 Å². The molecule has 2 nitrogen and oxygen atoms in total. The van der Waals surface area contributed by atoms with Gasteiger partial charge in [0.05, 0.1) is 0 Å². The molecule has 0 saturated heterocycles. The molecule has 33 heavy (non-hydrogen) atoms. The number of fused-ring (bicyclic) bond motifs is 3. The largest absolute Gasteiger partial charge is 0.316 e. The predicted octanol–water partition coefficient (Wildman–Crippen LogP) is 7.24. The van der Waals surface area contributed by atoms with Gasteiger partial charge in [0.15, 0.2) is 5.78 Å². The van der Waals surface area contributed by atoms with Gasteiger partial charge in [0.1, 0.15) is 5.82 Å². The number of nitrogens with one attached hydrogen (secondary N) is 1. The maximum absolute atomic E-state index is 13.1. The molecule has 0 bridgehead atoms. The smallest absolute Gasteiger partial charge is 0.164 e. The standard InChI is InChI=1S/C29H38FNO.ClH/c1-20(2)22-8-12-25-23(18-22)9-13-27-28(3,15-5-16-29(25,27)4)19-31-17-14-26(32)21-6-10-24(30)11-7-21;/h6-8,10-12,18,20,27,31H,5,9,13-17,19H2,1-4H3;1H. The van der Waals surface area contributed by atoms with E-state index in [1.807, 2.05) is 0 Å². The Hall–Kier alpha value is -1.71. The van der Waals surface area contributed by atoms with E-state index in [2.05, 4.69) is 51.2 Å². The molecule has 3 atom stereocenters. The van der Waals surface area contributed by atoms with Crippen LogP contribution in [0.1, 0.15) is 92.8 Å². The van der Waals surface area contributed by atoms with Gasteiger partial charge >= 0.3 is 0 Å². The maximum atomic E-state index is 13.1. The van der Waals surface area contributed by atoms with Crippen LogP contribution in [0, 0.1) is 17.2 Å². The lowest BCUT2D eigenvalue weighted by Gasteiger charge is -2.55. The molecule has 4 heteroatoms. The number of carbonyl (C=O) groups excluding carboxylic acids is 1. The van der Waals surface area contributed by atoms with Crippen LogP contribution in [0.5, 0.6) is 0 Å². The van der Waals surface area contributed by atoms with E-state index in [1.54, 1.807) is 23.3 Å². The Morgan fingerprint density at radius 1 is 1.12 bits per heavy atom. The summed E-state index contributed by atoms with van der Waals surface area (Å²) in [6.45, 7) is 11.1. The normalized spacial score (nSPS) is 26.3. The van der Waals surface area contributed by atoms with Crippen molar-refractivity contribution in [1.82, 2.24) is 5.32 Å². The van der Waals surface area contributed by atoms with Gasteiger partial charge in [-0.25, -0.2) is 4.39 Å². The second-order valence-electron chi connectivity index (χ2n) is 10.9. The van der Waals surface area contributed by atoms with E-state index < -0.39 is 0 Å². The minimum atomic E-state index is -0.303. The Morgan fingerprint density at radius 2 is 1.85 bits per heavy atom. The highest BCUT2D eigenvalue weighted by molar-refractivity contribution is 5.96. The summed E-state index contributed by atoms with van der Waals surface area (Å²) in [5, 5.41) is 3.61. The number of halogens is 2. The molecule has 0 aromatic heterocycles. The van der Waals surface area contributed by atoms with Crippen molar-refractivity contribution in [2.75, 3.05) is 13.1 Å². The summed E-state index contributed by atoms with van der Waals surface area (Å²) < 4.78 is 13.1. The van der Waals surface area contributed by atoms with E-state index in [-0.39, 0.29) is 34.8 Å². The average molecular weight is 472 g/mol. The fraction of sp³-hybridized carbons (Fsp3) is 0.552. The highest BCUT2D eigenvalue weighted by atomic mass is 35.5. The number of hydrogen-bond acceptors (Lipinski definition) is 2. The van der Waals surface area contributed by atoms with Crippen LogP contribution >= 0.6 is 12.4 Å². The van der Waals surface area contributed by atoms with Crippen LogP contribution in [0.2, 0.25) is 0 Å². The number of benzene rings is 2. The molecule has 1 fully saturated rings. The first kappa shape index (κ1) is 25.9. The SMILES string of the molecule is CC(C)c1ccc2c(c1)CCC1C(C)(CNCCC(=O)c3ccc(F)cc3)CCCC21C.Cl. The van der Waals surface area contributed by atoms with Crippen molar-refractivity contribution in [2.45, 2.75) is 77.6 Å². The Balaban J connectivity index is 0.00000306. The maximum Gasteiger partial charge on any atom is 0.164 e. The van der Waals surface area contributed by atoms with Gasteiger partial charge in [0.2, 0.25) is 0 Å². The number of rotatable bonds is 7. The zero-order valence-corrected chi connectivity index (χ0v) is 21.4. The fourth-order valence-electron chi connectivity index (χ4n) is 6.57. The van der Waals surface area contributed by atoms with Crippen LogP contribution in [-0.4, -0.2) is 18.9 Å². The van der Waals surface area contributed by atoms with Gasteiger partial charge < -0.3 is 5.32 Å². The molecule has 1 saturated carbocycles. The lowest BCUT2D eigenvalue weighted by atomic mass is 9.49. The molecule has 2 aromatic carbocycles. The van der Waals surface area contributed by atoms with Gasteiger partial charge in [-0.15, -0.1) is 12.4 Å². The summed E-state index contributed by atoms with van der Waals surface area (Å²) in [5.41, 5.74) is 5.67. The zero-order valence-electron chi connectivity index (χ0n) is 20.5. The van der Waals surface area contributed by atoms with Crippen molar-refractivity contribution in [3.8, 4) is 0 Å². The first-order valence-corrected chi connectivity index (χ1v) is 12.4. The van der Waals surface area contributed by atoms with Gasteiger partial charge in [0.25, 0.3) is 0 Å². The lowest BCUT2D eigenvalue weighted by Crippen LogP contribution is -2.52. The molecule has 2 aliphatic rings. The highest BCUT2D eigenvalue weighted by Gasteiger charge is 2.51. The molecule has 4 rings (SSSR count). The number of carbonyl (C=O) groups is 1. The summed E-state index contributed by atoms with van der Waals surface area (Å²) in [6.07, 6.45) is 6.64. The molecule has 0 spiro atoms. The van der Waals surface area contributed by atoms with Crippen LogP contribution in [-0.2, 0) is 11.8 Å². The Morgan fingerprint density at radius 3 is 2.55 bits per heavy atom. The second-order valence-corrected chi connectivity index (χ2v) is 10.9. The van der Waals surface area contributed by atoms with E-state index in [9.17, 15) is 9.18 Å². The van der Waals surface area contributed by atoms with E-state index in [0.29, 0.717) is 30.4 Å². The predicted molar refractivity (Wildman–Crippen MR) is 137 cm³/mol. The summed E-state index contributed by atoms with van der Waals surface area (Å²) in [5.74, 6) is 0.997. The third-order valence-electron chi connectivity index (χ3n) is 8.39. The van der Waals surface area contributed by atoms with Crippen LogP contribution in [0.4, 0.5) is 4.39 Å². The first-order valence-electron chi connectivity index (χ1n) is 12.4. The third kappa shape index (κ3) is 5.20. The molecule has 2 aromatic rings. The van der Waals surface area contributed by atoms with Crippen LogP contribution in [0.25, 0.3) is 0 Å². The Bertz CT molecular complexity index is 972. The Kier molecular flexibility index (Phi) is 8.07. The fourth-order valence-corrected chi connectivity index (χ4v) is 6.57. The molecule has 0 radical (unpaired) electrons. The topological polar surface area (TPSA) is 29.1 Å². The van der Waals surface area contributed by atoms with Crippen molar-refractivity contribution in [3.63, 3.8) is 0 Å². The van der Waals surface area contributed by atoms with Crippen molar-refractivity contribution in [1.29, 1.82) is 0 Å². The number of hydrogen-bond donors (Lipinski definition) is 1. The molecule has 0 heterocycles. The molecule has 0 aliphatic heterocycles. The number of aryl methyl sites for hydroxylation is 1. The molecular weight excluding hydrogens is 433 g/mol. The van der Waals surface area contributed by atoms with Gasteiger partial charge in [0, 0.05) is 25.1 Å². The zero-order chi connectivity index (χ0) is 22.9. The summed E-state index contributed by atoms with van der Waals surface area (Å²) in [6, 6.07) is 13.1. The monoisotopic (exact) mass is 471 g/mol. The minimum Gasteiger partial charge on any atom is -0.316 e. The van der Waals surface area contributed by atoms with Gasteiger partial charge in [-0.1, -0.05) is 52.3 Å². The van der Waals surface area contributed by atoms with Gasteiger partial charge in [-0.3, -0.25) is 4.79 Å². The minimum absolute atomic E-state index is 0. The lowest BCUT2D eigenvalue weighted by molar-refractivity contribution is 0.0260. The summed E-state index contributed by atoms with van der Waals surface area (Å²) in [7, 11) is 0. The number of Topliss-reactive ketones (excluding diaryl/α,β-unsaturated/α-hetero) is 1. The Labute approximate surface area is 205 Å². The molecular formula is C29H39ClFNO. The van der Waals surface area contributed by atoms with E-state index in [0.717, 1.165) is 6.54 Å². The molecule has 1 N–H and O–H groups in total. The van der Waals surface area contributed by atoms with Crippen LogP contribution < -0.4 is 5.32 Å². The molecule has 2 aliphatic carbocycles. The molecule has 180 valence electrons. The summed E-state index contributed by atoms with van der Waals surface area (Å²) in [4.78, 5) is 12.4. The van der Waals surface area contributed by atoms with Gasteiger partial charge in [-0.05, 0) is 89.3 Å². The quantitative estimate of drug-likeness (QED) is 0.340. The van der Waals surface area contributed by atoms with Crippen molar-refractivity contribution < 1.29 is 9.18 Å². The van der Waals surface area contributed by atoms with Gasteiger partial charge in [-0.2, -0.15) is 0 Å². The second kappa shape index (κ2) is 10.3. The first-order chi connectivity index (χ1) is 15.2. The molecule has 0 amide bonds. The molecule has 3 unspecified atom stereocenters. The van der Waals surface area contributed by atoms with Crippen LogP contribution in [0.15, 0.2) is 42.5 Å². The highest BCUT2D eigenvalue weighted by Crippen LogP contribution is 2.57. The van der Waals surface area contributed by atoms with Crippen molar-refractivity contribution >= 4 is 18.2 Å². The third-order valence-corrected chi connectivity index (χ3v) is 8.39.